The number of aryl methyl sites for hydroxylation is 2. The van der Waals surface area contributed by atoms with Crippen LogP contribution in [0.5, 0.6) is 0 Å². The lowest BCUT2D eigenvalue weighted by molar-refractivity contribution is 0.627. The molecular formula is C13H16ClN3OS. The van der Waals surface area contributed by atoms with Gasteiger partial charge in [0.05, 0.1) is 37.9 Å². The summed E-state index contributed by atoms with van der Waals surface area (Å²) in [6.07, 6.45) is 0. The highest BCUT2D eigenvalue weighted by Crippen LogP contribution is 2.25. The normalized spacial score (nSPS) is 12.6. The van der Waals surface area contributed by atoms with Gasteiger partial charge in [-0.2, -0.15) is 5.10 Å². The van der Waals surface area contributed by atoms with Gasteiger partial charge in [0.2, 0.25) is 0 Å². The predicted molar refractivity (Wildman–Crippen MR) is 78.6 cm³/mol. The van der Waals surface area contributed by atoms with Crippen molar-refractivity contribution < 1.29 is 4.21 Å². The van der Waals surface area contributed by atoms with Crippen LogP contribution in [0.3, 0.4) is 0 Å². The summed E-state index contributed by atoms with van der Waals surface area (Å²) in [6.45, 7) is 4.52. The van der Waals surface area contributed by atoms with Crippen molar-refractivity contribution in [2.24, 2.45) is 0 Å². The van der Waals surface area contributed by atoms with Crippen molar-refractivity contribution in [3.05, 3.63) is 40.7 Å². The van der Waals surface area contributed by atoms with Crippen molar-refractivity contribution in [3.8, 4) is 0 Å². The predicted octanol–water partition coefficient (Wildman–Crippen LogP) is 2.75. The number of hydrogen-bond donors (Lipinski definition) is 1. The second kappa shape index (κ2) is 5.75. The van der Waals surface area contributed by atoms with E-state index >= 15 is 0 Å². The first-order valence-electron chi connectivity index (χ1n) is 5.99. The monoisotopic (exact) mass is 297 g/mol. The third-order valence-corrected chi connectivity index (χ3v) is 4.77. The third kappa shape index (κ3) is 2.82. The summed E-state index contributed by atoms with van der Waals surface area (Å²) in [7, 11) is -1.23. The Kier molecular flexibility index (Phi) is 4.27. The highest BCUT2D eigenvalue weighted by molar-refractivity contribution is 7.84. The van der Waals surface area contributed by atoms with Crippen LogP contribution in [0.25, 0.3) is 0 Å². The first kappa shape index (κ1) is 14.1. The molecule has 0 saturated heterocycles. The Bertz CT molecular complexity index is 624. The van der Waals surface area contributed by atoms with E-state index in [-0.39, 0.29) is 0 Å². The number of anilines is 1. The zero-order chi connectivity index (χ0) is 14.0. The molecule has 2 rings (SSSR count). The third-order valence-electron chi connectivity index (χ3n) is 2.88. The Morgan fingerprint density at radius 3 is 2.74 bits per heavy atom. The summed E-state index contributed by atoms with van der Waals surface area (Å²) >= 11 is 6.21. The quantitative estimate of drug-likeness (QED) is 0.883. The fourth-order valence-corrected chi connectivity index (χ4v) is 3.44. The Morgan fingerprint density at radius 2 is 2.11 bits per heavy atom. The second-order valence-electron chi connectivity index (χ2n) is 4.19. The molecular weight excluding hydrogens is 282 g/mol. The second-order valence-corrected chi connectivity index (χ2v) is 5.99. The number of nitrogen functional groups attached to an aromatic ring is 1. The van der Waals surface area contributed by atoms with Gasteiger partial charge >= 0.3 is 0 Å². The first-order valence-corrected chi connectivity index (χ1v) is 7.69. The van der Waals surface area contributed by atoms with Crippen LogP contribution in [0, 0.1) is 6.92 Å². The number of para-hydroxylation sites is 1. The summed E-state index contributed by atoms with van der Waals surface area (Å²) in [5.41, 5.74) is 7.93. The number of halogens is 1. The minimum absolute atomic E-state index is 0.321. The van der Waals surface area contributed by atoms with Crippen LogP contribution < -0.4 is 5.73 Å². The molecule has 19 heavy (non-hydrogen) atoms. The van der Waals surface area contributed by atoms with Crippen molar-refractivity contribution in [1.29, 1.82) is 0 Å². The summed E-state index contributed by atoms with van der Waals surface area (Å²) in [5.74, 6) is 0.321. The van der Waals surface area contributed by atoms with Crippen LogP contribution in [0.2, 0.25) is 5.02 Å². The molecule has 1 aromatic carbocycles. The van der Waals surface area contributed by atoms with Crippen molar-refractivity contribution in [2.45, 2.75) is 31.0 Å². The number of rotatable bonds is 4. The average Bonchev–Trinajstić information content (AvgIpc) is 2.67. The molecule has 0 aliphatic carbocycles. The minimum atomic E-state index is -1.23. The highest BCUT2D eigenvalue weighted by atomic mass is 35.5. The summed E-state index contributed by atoms with van der Waals surface area (Å²) < 4.78 is 14.2. The van der Waals surface area contributed by atoms with E-state index in [0.29, 0.717) is 27.9 Å². The van der Waals surface area contributed by atoms with Gasteiger partial charge in [-0.15, -0.1) is 0 Å². The standard InChI is InChI=1S/C13H16ClN3OS/c1-3-17-11(13(14)9(2)16-17)8-19(18)12-7-5-4-6-10(12)15/h4-7H,3,8,15H2,1-2H3. The van der Waals surface area contributed by atoms with E-state index < -0.39 is 10.8 Å². The molecule has 0 spiro atoms. The molecule has 0 amide bonds. The maximum atomic E-state index is 12.4. The van der Waals surface area contributed by atoms with Crippen molar-refractivity contribution in [1.82, 2.24) is 9.78 Å². The maximum Gasteiger partial charge on any atom is 0.0856 e. The van der Waals surface area contributed by atoms with Crippen LogP contribution in [0.1, 0.15) is 18.3 Å². The van der Waals surface area contributed by atoms with E-state index in [1.54, 1.807) is 16.8 Å². The molecule has 1 aromatic heterocycles. The van der Waals surface area contributed by atoms with Crippen LogP contribution in [0.15, 0.2) is 29.2 Å². The largest absolute Gasteiger partial charge is 0.398 e. The van der Waals surface area contributed by atoms with Crippen LogP contribution in [-0.4, -0.2) is 14.0 Å². The molecule has 1 heterocycles. The molecule has 0 bridgehead atoms. The molecule has 1 unspecified atom stereocenters. The van der Waals surface area contributed by atoms with E-state index in [1.165, 1.54) is 0 Å². The van der Waals surface area contributed by atoms with Gasteiger partial charge < -0.3 is 5.73 Å². The summed E-state index contributed by atoms with van der Waals surface area (Å²) in [6, 6.07) is 7.17. The van der Waals surface area contributed by atoms with Gasteiger partial charge in [-0.1, -0.05) is 23.7 Å². The zero-order valence-electron chi connectivity index (χ0n) is 10.9. The van der Waals surface area contributed by atoms with E-state index in [1.807, 2.05) is 26.0 Å². The number of nitrogens with zero attached hydrogens (tertiary/aromatic N) is 2. The van der Waals surface area contributed by atoms with Crippen LogP contribution in [-0.2, 0) is 23.1 Å². The SMILES string of the molecule is CCn1nc(C)c(Cl)c1CS(=O)c1ccccc1N. The molecule has 2 aromatic rings. The minimum Gasteiger partial charge on any atom is -0.398 e. The Labute approximate surface area is 120 Å². The lowest BCUT2D eigenvalue weighted by atomic mass is 10.3. The molecule has 0 radical (unpaired) electrons. The number of benzene rings is 1. The molecule has 0 fully saturated rings. The number of hydrogen-bond acceptors (Lipinski definition) is 3. The zero-order valence-corrected chi connectivity index (χ0v) is 12.5. The smallest absolute Gasteiger partial charge is 0.0856 e. The average molecular weight is 298 g/mol. The lowest BCUT2D eigenvalue weighted by Gasteiger charge is -2.07. The molecule has 4 nitrogen and oxygen atoms in total. The van der Waals surface area contributed by atoms with Crippen LogP contribution in [0.4, 0.5) is 5.69 Å². The van der Waals surface area contributed by atoms with E-state index in [4.69, 9.17) is 17.3 Å². The number of aromatic nitrogens is 2. The fourth-order valence-electron chi connectivity index (χ4n) is 1.90. The first-order chi connectivity index (χ1) is 9.04. The van der Waals surface area contributed by atoms with Gasteiger partial charge in [0.15, 0.2) is 0 Å². The van der Waals surface area contributed by atoms with Gasteiger partial charge in [-0.3, -0.25) is 8.89 Å². The molecule has 0 aliphatic rings. The molecule has 0 aliphatic heterocycles. The van der Waals surface area contributed by atoms with Crippen LogP contribution >= 0.6 is 11.6 Å². The molecule has 102 valence electrons. The lowest BCUT2D eigenvalue weighted by Crippen LogP contribution is -2.07. The fraction of sp³-hybridized carbons (Fsp3) is 0.308. The van der Waals surface area contributed by atoms with E-state index in [2.05, 4.69) is 5.10 Å². The Morgan fingerprint density at radius 1 is 1.42 bits per heavy atom. The number of nitrogens with two attached hydrogens (primary N) is 1. The van der Waals surface area contributed by atoms with E-state index in [0.717, 1.165) is 11.4 Å². The molecule has 2 N–H and O–H groups in total. The molecule has 1 atom stereocenters. The summed E-state index contributed by atoms with van der Waals surface area (Å²) in [5, 5.41) is 4.90. The maximum absolute atomic E-state index is 12.4. The van der Waals surface area contributed by atoms with Crippen molar-refractivity contribution in [3.63, 3.8) is 0 Å². The van der Waals surface area contributed by atoms with Gasteiger partial charge in [-0.05, 0) is 26.0 Å². The van der Waals surface area contributed by atoms with Gasteiger partial charge in [0, 0.05) is 12.2 Å². The summed E-state index contributed by atoms with van der Waals surface area (Å²) in [4.78, 5) is 0.639. The van der Waals surface area contributed by atoms with Crippen molar-refractivity contribution >= 4 is 28.1 Å². The van der Waals surface area contributed by atoms with E-state index in [9.17, 15) is 4.21 Å². The Hall–Kier alpha value is -1.33. The topological polar surface area (TPSA) is 60.9 Å². The molecule has 6 heteroatoms. The Balaban J connectivity index is 2.32. The van der Waals surface area contributed by atoms with Gasteiger partial charge in [0.1, 0.15) is 0 Å². The van der Waals surface area contributed by atoms with Gasteiger partial charge in [-0.25, -0.2) is 0 Å². The molecule has 0 saturated carbocycles. The highest BCUT2D eigenvalue weighted by Gasteiger charge is 2.17. The van der Waals surface area contributed by atoms with Gasteiger partial charge in [0.25, 0.3) is 0 Å². The van der Waals surface area contributed by atoms with Crippen molar-refractivity contribution in [2.75, 3.05) is 5.73 Å².